The number of hydrogen-bond donors (Lipinski definition) is 1. The van der Waals surface area contributed by atoms with E-state index < -0.39 is 0 Å². The maximum atomic E-state index is 11.7. The summed E-state index contributed by atoms with van der Waals surface area (Å²) in [5.41, 5.74) is 3.00. The van der Waals surface area contributed by atoms with Crippen LogP contribution in [-0.2, 0) is 6.54 Å². The quantitative estimate of drug-likeness (QED) is 0.303. The molecule has 19 heavy (non-hydrogen) atoms. The van der Waals surface area contributed by atoms with Crippen LogP contribution in [0.1, 0.15) is 23.0 Å². The first-order valence-electron chi connectivity index (χ1n) is 5.65. The number of aromatic nitrogens is 1. The van der Waals surface area contributed by atoms with Gasteiger partial charge in [-0.15, -0.1) is 0 Å². The number of hydrogen-bond acceptors (Lipinski definition) is 3. The summed E-state index contributed by atoms with van der Waals surface area (Å²) in [5, 5.41) is 3.81. The van der Waals surface area contributed by atoms with Gasteiger partial charge in [0.2, 0.25) is 0 Å². The lowest BCUT2D eigenvalue weighted by Gasteiger charge is -1.98. The van der Waals surface area contributed by atoms with Gasteiger partial charge in [0.15, 0.2) is 12.4 Å². The Kier molecular flexibility index (Phi) is 6.20. The van der Waals surface area contributed by atoms with Crippen molar-refractivity contribution >= 4 is 12.1 Å². The van der Waals surface area contributed by atoms with Gasteiger partial charge in [-0.2, -0.15) is 5.10 Å². The van der Waals surface area contributed by atoms with Gasteiger partial charge in [-0.1, -0.05) is 0 Å². The van der Waals surface area contributed by atoms with Gasteiger partial charge in [-0.25, -0.2) is 9.99 Å². The summed E-state index contributed by atoms with van der Waals surface area (Å²) < 4.78 is 7.02. The van der Waals surface area contributed by atoms with E-state index in [1.54, 1.807) is 30.5 Å². The average molecular weight is 371 g/mol. The van der Waals surface area contributed by atoms with E-state index in [0.717, 1.165) is 6.54 Å². The molecular formula is C13H14IN3O2. The van der Waals surface area contributed by atoms with Crippen molar-refractivity contribution in [3.8, 4) is 0 Å². The molecule has 5 nitrogen and oxygen atoms in total. The highest BCUT2D eigenvalue weighted by Crippen LogP contribution is 1.96. The zero-order valence-corrected chi connectivity index (χ0v) is 12.6. The van der Waals surface area contributed by atoms with E-state index in [2.05, 4.69) is 10.5 Å². The summed E-state index contributed by atoms with van der Waals surface area (Å²) in [6.07, 6.45) is 6.70. The molecule has 0 saturated carbocycles. The first-order valence-corrected chi connectivity index (χ1v) is 5.65. The summed E-state index contributed by atoms with van der Waals surface area (Å²) in [6, 6.07) is 7.01. The molecule has 0 aliphatic rings. The number of halogens is 1. The molecule has 0 aromatic carbocycles. The van der Waals surface area contributed by atoms with Gasteiger partial charge in [0.05, 0.1) is 18.0 Å². The lowest BCUT2D eigenvalue weighted by Crippen LogP contribution is -3.00. The molecule has 1 N–H and O–H groups in total. The van der Waals surface area contributed by atoms with Crippen molar-refractivity contribution in [2.75, 3.05) is 0 Å². The van der Waals surface area contributed by atoms with E-state index >= 15 is 0 Å². The Morgan fingerprint density at radius 3 is 2.74 bits per heavy atom. The number of aryl methyl sites for hydroxylation is 1. The number of amides is 1. The number of nitrogens with zero attached hydrogens (tertiary/aromatic N) is 2. The molecule has 6 heteroatoms. The van der Waals surface area contributed by atoms with Crippen LogP contribution in [0.5, 0.6) is 0 Å². The number of pyridine rings is 1. The molecule has 0 aliphatic heterocycles. The van der Waals surface area contributed by atoms with Crippen LogP contribution in [0, 0.1) is 0 Å². The second-order valence-electron chi connectivity index (χ2n) is 3.63. The van der Waals surface area contributed by atoms with Crippen molar-refractivity contribution < 1.29 is 37.8 Å². The second kappa shape index (κ2) is 7.67. The highest BCUT2D eigenvalue weighted by Gasteiger charge is 2.06. The lowest BCUT2D eigenvalue weighted by atomic mass is 10.2. The van der Waals surface area contributed by atoms with Crippen LogP contribution in [0.4, 0.5) is 0 Å². The Hall–Kier alpha value is -1.70. The topological polar surface area (TPSA) is 58.5 Å². The maximum Gasteiger partial charge on any atom is 0.271 e. The van der Waals surface area contributed by atoms with Crippen molar-refractivity contribution in [2.24, 2.45) is 5.10 Å². The molecule has 2 aromatic rings. The predicted octanol–water partition coefficient (Wildman–Crippen LogP) is -1.65. The zero-order valence-electron chi connectivity index (χ0n) is 10.4. The number of hydrazone groups is 1. The molecule has 100 valence electrons. The zero-order chi connectivity index (χ0) is 12.8. The molecule has 2 rings (SSSR count). The van der Waals surface area contributed by atoms with Crippen molar-refractivity contribution in [3.05, 3.63) is 54.2 Å². The van der Waals surface area contributed by atoms with Gasteiger partial charge in [-0.05, 0) is 19.1 Å². The Labute approximate surface area is 128 Å². The molecule has 0 fully saturated rings. The van der Waals surface area contributed by atoms with Crippen LogP contribution in [0.3, 0.4) is 0 Å². The number of carbonyl (C=O) groups is 1. The monoisotopic (exact) mass is 371 g/mol. The van der Waals surface area contributed by atoms with Crippen LogP contribution < -0.4 is 34.0 Å². The highest BCUT2D eigenvalue weighted by molar-refractivity contribution is 5.94. The van der Waals surface area contributed by atoms with Crippen molar-refractivity contribution in [1.29, 1.82) is 0 Å². The fourth-order valence-corrected chi connectivity index (χ4v) is 1.40. The largest absolute Gasteiger partial charge is 1.00 e. The minimum atomic E-state index is -0.249. The maximum absolute atomic E-state index is 11.7. The van der Waals surface area contributed by atoms with Crippen molar-refractivity contribution in [3.63, 3.8) is 0 Å². The van der Waals surface area contributed by atoms with Crippen LogP contribution in [-0.4, -0.2) is 12.1 Å². The summed E-state index contributed by atoms with van der Waals surface area (Å²) >= 11 is 0. The summed E-state index contributed by atoms with van der Waals surface area (Å²) in [5.74, 6) is 0.341. The SMILES string of the molecule is CC[n+]1ccc(C(=O)N/N=C/c2ccco2)cc1.[I-]. The van der Waals surface area contributed by atoms with Gasteiger partial charge >= 0.3 is 0 Å². The third kappa shape index (κ3) is 4.47. The summed E-state index contributed by atoms with van der Waals surface area (Å²) in [7, 11) is 0. The van der Waals surface area contributed by atoms with Gasteiger partial charge in [-0.3, -0.25) is 4.79 Å². The number of furan rings is 1. The Bertz CT molecular complexity index is 536. The normalized spacial score (nSPS) is 10.2. The van der Waals surface area contributed by atoms with Crippen LogP contribution in [0.2, 0.25) is 0 Å². The summed E-state index contributed by atoms with van der Waals surface area (Å²) in [4.78, 5) is 11.7. The third-order valence-corrected chi connectivity index (χ3v) is 2.42. The van der Waals surface area contributed by atoms with Crippen LogP contribution in [0.25, 0.3) is 0 Å². The highest BCUT2D eigenvalue weighted by atomic mass is 127. The molecule has 2 aromatic heterocycles. The molecule has 0 spiro atoms. The molecule has 0 unspecified atom stereocenters. The number of nitrogens with one attached hydrogen (secondary N) is 1. The Balaban J connectivity index is 0.00000180. The molecule has 0 aliphatic carbocycles. The number of rotatable bonds is 4. The molecule has 2 heterocycles. The number of carbonyl (C=O) groups excluding carboxylic acids is 1. The van der Waals surface area contributed by atoms with E-state index in [1.807, 2.05) is 23.9 Å². The first-order chi connectivity index (χ1) is 8.79. The molecule has 0 radical (unpaired) electrons. The second-order valence-corrected chi connectivity index (χ2v) is 3.63. The standard InChI is InChI=1S/C13H13N3O2.HI/c1-2-16-7-5-11(6-8-16)13(17)15-14-10-12-4-3-9-18-12;/h3-10H,2H2,1H3;1H. The van der Waals surface area contributed by atoms with Gasteiger partial charge < -0.3 is 28.4 Å². The smallest absolute Gasteiger partial charge is 0.271 e. The fraction of sp³-hybridized carbons (Fsp3) is 0.154. The van der Waals surface area contributed by atoms with E-state index in [-0.39, 0.29) is 29.9 Å². The molecule has 1 amide bonds. The van der Waals surface area contributed by atoms with Gasteiger partial charge in [0.25, 0.3) is 5.91 Å². The average Bonchev–Trinajstić information content (AvgIpc) is 2.92. The third-order valence-electron chi connectivity index (χ3n) is 2.42. The van der Waals surface area contributed by atoms with Crippen LogP contribution in [0.15, 0.2) is 52.4 Å². The molecule has 0 atom stereocenters. The van der Waals surface area contributed by atoms with Gasteiger partial charge in [0.1, 0.15) is 12.3 Å². The molecule has 0 saturated heterocycles. The Morgan fingerprint density at radius 1 is 1.42 bits per heavy atom. The van der Waals surface area contributed by atoms with Gasteiger partial charge in [0, 0.05) is 12.1 Å². The Morgan fingerprint density at radius 2 is 2.16 bits per heavy atom. The van der Waals surface area contributed by atoms with Crippen LogP contribution >= 0.6 is 0 Å². The van der Waals surface area contributed by atoms with Crippen molar-refractivity contribution in [2.45, 2.75) is 13.5 Å². The first kappa shape index (κ1) is 15.4. The predicted molar refractivity (Wildman–Crippen MR) is 66.1 cm³/mol. The lowest BCUT2D eigenvalue weighted by molar-refractivity contribution is -0.693. The molecule has 0 bridgehead atoms. The van der Waals surface area contributed by atoms with E-state index in [4.69, 9.17) is 4.42 Å². The van der Waals surface area contributed by atoms with E-state index in [0.29, 0.717) is 11.3 Å². The molecular weight excluding hydrogens is 357 g/mol. The van der Waals surface area contributed by atoms with Crippen molar-refractivity contribution in [1.82, 2.24) is 5.43 Å². The summed E-state index contributed by atoms with van der Waals surface area (Å²) in [6.45, 7) is 2.91. The fourth-order valence-electron chi connectivity index (χ4n) is 1.40. The van der Waals surface area contributed by atoms with E-state index in [9.17, 15) is 4.79 Å². The minimum Gasteiger partial charge on any atom is -1.00 e. The van der Waals surface area contributed by atoms with E-state index in [1.165, 1.54) is 6.21 Å². The minimum absolute atomic E-state index is 0.